The van der Waals surface area contributed by atoms with Crippen molar-refractivity contribution >= 4 is 45.8 Å². The molecule has 2 aromatic heterocycles. The highest BCUT2D eigenvalue weighted by Crippen LogP contribution is 2.25. The van der Waals surface area contributed by atoms with Gasteiger partial charge >= 0.3 is 0 Å². The van der Waals surface area contributed by atoms with Crippen LogP contribution in [0.3, 0.4) is 0 Å². The standard InChI is InChI=1S/C25H21N5OS/c31-24(29-27-15-19-14-26-21-11-5-4-10-20(19)21)17-32-25-28-22-12-6-7-13-23(22)30(25)16-18-8-2-1-3-9-18/h1-15,26H,16-17H2,(H,29,31)/b27-15-. The monoisotopic (exact) mass is 439 g/mol. The molecular formula is C25H21N5OS. The molecule has 32 heavy (non-hydrogen) atoms. The van der Waals surface area contributed by atoms with Gasteiger partial charge in [0.05, 0.1) is 29.5 Å². The number of nitrogens with one attached hydrogen (secondary N) is 2. The van der Waals surface area contributed by atoms with E-state index in [1.807, 2.05) is 66.9 Å². The lowest BCUT2D eigenvalue weighted by Crippen LogP contribution is -2.20. The van der Waals surface area contributed by atoms with Crippen LogP contribution in [0.25, 0.3) is 21.9 Å². The number of thioether (sulfide) groups is 1. The van der Waals surface area contributed by atoms with Crippen LogP contribution < -0.4 is 5.43 Å². The molecule has 7 heteroatoms. The fraction of sp³-hybridized carbons (Fsp3) is 0.0800. The van der Waals surface area contributed by atoms with Gasteiger partial charge in [-0.3, -0.25) is 4.79 Å². The highest BCUT2D eigenvalue weighted by molar-refractivity contribution is 7.99. The first-order valence-electron chi connectivity index (χ1n) is 10.3. The van der Waals surface area contributed by atoms with Crippen molar-refractivity contribution < 1.29 is 4.79 Å². The molecule has 0 aliphatic heterocycles. The topological polar surface area (TPSA) is 75.1 Å². The van der Waals surface area contributed by atoms with E-state index in [1.165, 1.54) is 17.3 Å². The molecule has 0 atom stereocenters. The highest BCUT2D eigenvalue weighted by atomic mass is 32.2. The van der Waals surface area contributed by atoms with Crippen LogP contribution in [-0.2, 0) is 11.3 Å². The molecule has 2 heterocycles. The Morgan fingerprint density at radius 3 is 2.72 bits per heavy atom. The van der Waals surface area contributed by atoms with Crippen molar-refractivity contribution in [2.24, 2.45) is 5.10 Å². The number of hydrazone groups is 1. The number of hydrogen-bond acceptors (Lipinski definition) is 4. The number of imidazole rings is 1. The zero-order valence-electron chi connectivity index (χ0n) is 17.2. The Morgan fingerprint density at radius 2 is 1.81 bits per heavy atom. The maximum atomic E-state index is 12.4. The van der Waals surface area contributed by atoms with Gasteiger partial charge in [-0.2, -0.15) is 5.10 Å². The molecule has 158 valence electrons. The van der Waals surface area contributed by atoms with Crippen molar-refractivity contribution in [1.29, 1.82) is 0 Å². The summed E-state index contributed by atoms with van der Waals surface area (Å²) in [7, 11) is 0. The molecule has 0 saturated carbocycles. The molecule has 0 aliphatic carbocycles. The predicted molar refractivity (Wildman–Crippen MR) is 130 cm³/mol. The van der Waals surface area contributed by atoms with Gasteiger partial charge in [-0.25, -0.2) is 10.4 Å². The third-order valence-electron chi connectivity index (χ3n) is 5.15. The van der Waals surface area contributed by atoms with Crippen molar-refractivity contribution in [2.45, 2.75) is 11.7 Å². The number of carbonyl (C=O) groups excluding carboxylic acids is 1. The molecule has 1 amide bonds. The van der Waals surface area contributed by atoms with Crippen molar-refractivity contribution in [3.63, 3.8) is 0 Å². The Labute approximate surface area is 189 Å². The summed E-state index contributed by atoms with van der Waals surface area (Å²) in [6.07, 6.45) is 3.53. The number of aromatic nitrogens is 3. The zero-order valence-corrected chi connectivity index (χ0v) is 18.0. The molecule has 3 aromatic carbocycles. The van der Waals surface area contributed by atoms with E-state index in [0.717, 1.165) is 32.7 Å². The van der Waals surface area contributed by atoms with Gasteiger partial charge in [-0.15, -0.1) is 0 Å². The summed E-state index contributed by atoms with van der Waals surface area (Å²) in [5.74, 6) is 0.0491. The minimum absolute atomic E-state index is 0.176. The highest BCUT2D eigenvalue weighted by Gasteiger charge is 2.13. The lowest BCUT2D eigenvalue weighted by atomic mass is 10.2. The maximum Gasteiger partial charge on any atom is 0.250 e. The third-order valence-corrected chi connectivity index (χ3v) is 6.13. The summed E-state index contributed by atoms with van der Waals surface area (Å²) in [5.41, 5.74) is 7.74. The summed E-state index contributed by atoms with van der Waals surface area (Å²) in [5, 5.41) is 6.00. The molecular weight excluding hydrogens is 418 g/mol. The molecule has 2 N–H and O–H groups in total. The largest absolute Gasteiger partial charge is 0.361 e. The van der Waals surface area contributed by atoms with Crippen LogP contribution in [0.5, 0.6) is 0 Å². The van der Waals surface area contributed by atoms with E-state index in [-0.39, 0.29) is 11.7 Å². The smallest absolute Gasteiger partial charge is 0.250 e. The van der Waals surface area contributed by atoms with Gasteiger partial charge in [0, 0.05) is 22.7 Å². The van der Waals surface area contributed by atoms with E-state index < -0.39 is 0 Å². The summed E-state index contributed by atoms with van der Waals surface area (Å²) in [6, 6.07) is 26.2. The minimum atomic E-state index is -0.176. The number of para-hydroxylation sites is 3. The lowest BCUT2D eigenvalue weighted by molar-refractivity contribution is -0.118. The fourth-order valence-corrected chi connectivity index (χ4v) is 4.43. The summed E-state index contributed by atoms with van der Waals surface area (Å²) in [6.45, 7) is 0.698. The van der Waals surface area contributed by atoms with Crippen molar-refractivity contribution in [3.05, 3.63) is 96.2 Å². The van der Waals surface area contributed by atoms with Crippen molar-refractivity contribution in [3.8, 4) is 0 Å². The Morgan fingerprint density at radius 1 is 1.03 bits per heavy atom. The van der Waals surface area contributed by atoms with Crippen molar-refractivity contribution in [1.82, 2.24) is 20.0 Å². The van der Waals surface area contributed by atoms with Crippen LogP contribution in [0.2, 0.25) is 0 Å². The SMILES string of the molecule is O=C(CSc1nc2ccccc2n1Cc1ccccc1)N/N=C\c1c[nH]c2ccccc12. The number of nitrogens with zero attached hydrogens (tertiary/aromatic N) is 3. The normalized spacial score (nSPS) is 11.5. The van der Waals surface area contributed by atoms with Crippen LogP contribution >= 0.6 is 11.8 Å². The Balaban J connectivity index is 1.27. The van der Waals surface area contributed by atoms with Crippen LogP contribution in [0.1, 0.15) is 11.1 Å². The number of rotatable bonds is 7. The van der Waals surface area contributed by atoms with E-state index in [9.17, 15) is 4.79 Å². The molecule has 5 aromatic rings. The summed E-state index contributed by atoms with van der Waals surface area (Å²) >= 11 is 1.41. The van der Waals surface area contributed by atoms with Crippen LogP contribution in [-0.4, -0.2) is 32.4 Å². The molecule has 6 nitrogen and oxygen atoms in total. The number of fused-ring (bicyclic) bond motifs is 2. The predicted octanol–water partition coefficient (Wildman–Crippen LogP) is 4.81. The van der Waals surface area contributed by atoms with E-state index >= 15 is 0 Å². The second-order valence-electron chi connectivity index (χ2n) is 7.33. The number of carbonyl (C=O) groups is 1. The van der Waals surface area contributed by atoms with Crippen LogP contribution in [0, 0.1) is 0 Å². The second kappa shape index (κ2) is 9.11. The fourth-order valence-electron chi connectivity index (χ4n) is 3.62. The number of H-pyrrole nitrogens is 1. The Kier molecular flexibility index (Phi) is 5.72. The van der Waals surface area contributed by atoms with Gasteiger partial charge in [0.15, 0.2) is 5.16 Å². The van der Waals surface area contributed by atoms with E-state index in [2.05, 4.69) is 38.3 Å². The molecule has 0 radical (unpaired) electrons. The van der Waals surface area contributed by atoms with Gasteiger partial charge in [0.2, 0.25) is 0 Å². The minimum Gasteiger partial charge on any atom is -0.361 e. The third kappa shape index (κ3) is 4.29. The lowest BCUT2D eigenvalue weighted by Gasteiger charge is -2.09. The molecule has 0 spiro atoms. The first-order chi connectivity index (χ1) is 15.8. The first kappa shape index (κ1) is 20.1. The van der Waals surface area contributed by atoms with E-state index in [4.69, 9.17) is 4.98 Å². The van der Waals surface area contributed by atoms with Crippen LogP contribution in [0.4, 0.5) is 0 Å². The van der Waals surface area contributed by atoms with Gasteiger partial charge in [0.1, 0.15) is 0 Å². The van der Waals surface area contributed by atoms with Gasteiger partial charge in [0.25, 0.3) is 5.91 Å². The summed E-state index contributed by atoms with van der Waals surface area (Å²) < 4.78 is 2.15. The first-order valence-corrected chi connectivity index (χ1v) is 11.3. The number of amides is 1. The quantitative estimate of drug-likeness (QED) is 0.217. The number of aromatic amines is 1. The number of benzene rings is 3. The molecule has 0 unspecified atom stereocenters. The Hall–Kier alpha value is -3.84. The van der Waals surface area contributed by atoms with Gasteiger partial charge in [-0.1, -0.05) is 72.4 Å². The Bertz CT molecular complexity index is 1400. The van der Waals surface area contributed by atoms with Crippen molar-refractivity contribution in [2.75, 3.05) is 5.75 Å². The zero-order chi connectivity index (χ0) is 21.8. The average Bonchev–Trinajstić information content (AvgIpc) is 3.40. The maximum absolute atomic E-state index is 12.4. The average molecular weight is 440 g/mol. The summed E-state index contributed by atoms with van der Waals surface area (Å²) in [4.78, 5) is 20.3. The van der Waals surface area contributed by atoms with Crippen LogP contribution in [0.15, 0.2) is 95.3 Å². The molecule has 0 aliphatic rings. The molecule has 0 fully saturated rings. The molecule has 0 saturated heterocycles. The van der Waals surface area contributed by atoms with Gasteiger partial charge in [-0.05, 0) is 23.8 Å². The van der Waals surface area contributed by atoms with Gasteiger partial charge < -0.3 is 9.55 Å². The van der Waals surface area contributed by atoms with E-state index in [1.54, 1.807) is 6.21 Å². The second-order valence-corrected chi connectivity index (χ2v) is 8.27. The number of hydrogen-bond donors (Lipinski definition) is 2. The molecule has 5 rings (SSSR count). The molecule has 0 bridgehead atoms. The van der Waals surface area contributed by atoms with E-state index in [0.29, 0.717) is 6.54 Å².